The Morgan fingerprint density at radius 2 is 1.24 bits per heavy atom. The van der Waals surface area contributed by atoms with Gasteiger partial charge in [0.15, 0.2) is 12.1 Å². The van der Waals surface area contributed by atoms with Gasteiger partial charge in [-0.1, -0.05) is 91.0 Å². The van der Waals surface area contributed by atoms with E-state index in [9.17, 15) is 16.8 Å². The van der Waals surface area contributed by atoms with Crippen LogP contribution in [0, 0.1) is 0 Å². The van der Waals surface area contributed by atoms with Gasteiger partial charge in [0.1, 0.15) is 30.0 Å². The minimum atomic E-state index is -4.08. The fraction of sp³-hybridized carbons (Fsp3) is 0.400. The van der Waals surface area contributed by atoms with Crippen LogP contribution < -0.4 is 0 Å². The van der Waals surface area contributed by atoms with E-state index in [4.69, 9.17) is 27.3 Å². The lowest BCUT2D eigenvalue weighted by Crippen LogP contribution is -2.48. The summed E-state index contributed by atoms with van der Waals surface area (Å²) in [4.78, 5) is 0. The van der Waals surface area contributed by atoms with E-state index >= 15 is 0 Å². The second-order valence-electron chi connectivity index (χ2n) is 10.8. The maximum absolute atomic E-state index is 12.5. The van der Waals surface area contributed by atoms with Crippen LogP contribution in [0.15, 0.2) is 91.0 Å². The summed E-state index contributed by atoms with van der Waals surface area (Å²) in [6.45, 7) is 2.97. The molecule has 226 valence electrons. The van der Waals surface area contributed by atoms with E-state index in [0.717, 1.165) is 29.2 Å². The molecular formula is C30H34O10S2. The van der Waals surface area contributed by atoms with Gasteiger partial charge in [-0.3, -0.25) is 8.37 Å². The summed E-state index contributed by atoms with van der Waals surface area (Å²) < 4.78 is 85.2. The second-order valence-corrected chi connectivity index (χ2v) is 14.0. The van der Waals surface area contributed by atoms with E-state index in [2.05, 4.69) is 0 Å². The van der Waals surface area contributed by atoms with Crippen LogP contribution >= 0.6 is 0 Å². The van der Waals surface area contributed by atoms with Crippen molar-refractivity contribution in [2.24, 2.45) is 0 Å². The first-order valence-electron chi connectivity index (χ1n) is 13.4. The van der Waals surface area contributed by atoms with Gasteiger partial charge in [0, 0.05) is 0 Å². The summed E-state index contributed by atoms with van der Waals surface area (Å²) in [7, 11) is -8.11. The average molecular weight is 619 g/mol. The highest BCUT2D eigenvalue weighted by molar-refractivity contribution is 7.86. The van der Waals surface area contributed by atoms with Crippen LogP contribution in [0.25, 0.3) is 0 Å². The van der Waals surface area contributed by atoms with Crippen molar-refractivity contribution < 1.29 is 44.1 Å². The lowest BCUT2D eigenvalue weighted by Gasteiger charge is -2.38. The summed E-state index contributed by atoms with van der Waals surface area (Å²) in [6.07, 6.45) is -4.06. The van der Waals surface area contributed by atoms with Crippen LogP contribution in [0.5, 0.6) is 0 Å². The molecule has 5 rings (SSSR count). The molecular weight excluding hydrogens is 584 g/mol. The molecule has 0 N–H and O–H groups in total. The molecule has 2 saturated heterocycles. The van der Waals surface area contributed by atoms with Crippen LogP contribution in [-0.2, 0) is 53.2 Å². The van der Waals surface area contributed by atoms with Gasteiger partial charge in [-0.2, -0.15) is 16.8 Å². The molecule has 2 aliphatic heterocycles. The first-order chi connectivity index (χ1) is 19.8. The topological polar surface area (TPSA) is 124 Å². The van der Waals surface area contributed by atoms with Crippen LogP contribution in [0.2, 0.25) is 0 Å². The van der Waals surface area contributed by atoms with E-state index in [1.165, 1.54) is 0 Å². The van der Waals surface area contributed by atoms with E-state index in [1.54, 1.807) is 13.8 Å². The van der Waals surface area contributed by atoms with Crippen molar-refractivity contribution in [3.05, 3.63) is 108 Å². The third kappa shape index (κ3) is 6.76. The molecule has 0 spiro atoms. The first kappa shape index (κ1) is 30.8. The lowest BCUT2D eigenvalue weighted by molar-refractivity contribution is -0.225. The largest absolute Gasteiger partial charge is 0.358 e. The van der Waals surface area contributed by atoms with E-state index in [0.29, 0.717) is 0 Å². The fourth-order valence-electron chi connectivity index (χ4n) is 5.49. The van der Waals surface area contributed by atoms with Crippen molar-refractivity contribution in [2.45, 2.75) is 55.9 Å². The molecule has 10 nitrogen and oxygen atoms in total. The van der Waals surface area contributed by atoms with E-state index < -0.39 is 62.3 Å². The zero-order valence-electron chi connectivity index (χ0n) is 23.7. The lowest BCUT2D eigenvalue weighted by atomic mass is 9.80. The standard InChI is InChI=1S/C30H34O10S2/c1-29(2)37-27-26(40-42(4,33)34)25(36-28(27)38-29)24(39-41(3,31)32)20-35-30(21-14-8-5-9-15-21,22-16-10-6-11-17-22)23-18-12-7-13-19-23/h5-19,24-28H,20H2,1-4H3/t24-,25-,26+,27-,28-/m1/s1. The van der Waals surface area contributed by atoms with Crippen molar-refractivity contribution in [3.63, 3.8) is 0 Å². The van der Waals surface area contributed by atoms with Crippen molar-refractivity contribution >= 4 is 20.2 Å². The molecule has 0 unspecified atom stereocenters. The molecule has 2 fully saturated rings. The highest BCUT2D eigenvalue weighted by Gasteiger charge is 2.59. The Kier molecular flexibility index (Phi) is 8.63. The van der Waals surface area contributed by atoms with Gasteiger partial charge >= 0.3 is 0 Å². The minimum absolute atomic E-state index is 0.344. The molecule has 0 bridgehead atoms. The van der Waals surface area contributed by atoms with E-state index in [1.807, 2.05) is 91.0 Å². The van der Waals surface area contributed by atoms with Crippen LogP contribution in [0.1, 0.15) is 30.5 Å². The maximum Gasteiger partial charge on any atom is 0.264 e. The van der Waals surface area contributed by atoms with Gasteiger partial charge in [0.2, 0.25) is 0 Å². The summed E-state index contributed by atoms with van der Waals surface area (Å²) in [5.41, 5.74) is 1.13. The molecule has 0 aromatic heterocycles. The zero-order chi connectivity index (χ0) is 30.2. The molecule has 2 heterocycles. The number of hydrogen-bond acceptors (Lipinski definition) is 10. The Bertz CT molecular complexity index is 1470. The SMILES string of the molecule is CC1(C)O[C@H]2O[C@H]([C@@H](COC(c3ccccc3)(c3ccccc3)c3ccccc3)OS(C)(=O)=O)[C@H](OS(C)(=O)=O)[C@H]2O1. The molecule has 2 aliphatic rings. The fourth-order valence-corrected chi connectivity index (χ4v) is 6.73. The van der Waals surface area contributed by atoms with Crippen LogP contribution in [0.4, 0.5) is 0 Å². The monoisotopic (exact) mass is 618 g/mol. The first-order valence-corrected chi connectivity index (χ1v) is 17.0. The highest BCUT2D eigenvalue weighted by atomic mass is 32.2. The zero-order valence-corrected chi connectivity index (χ0v) is 25.3. The normalized spacial score (nSPS) is 24.8. The average Bonchev–Trinajstić information content (AvgIpc) is 3.40. The summed E-state index contributed by atoms with van der Waals surface area (Å²) in [6, 6.07) is 28.5. The quantitative estimate of drug-likeness (QED) is 0.233. The van der Waals surface area contributed by atoms with Gasteiger partial charge in [0.05, 0.1) is 19.1 Å². The third-order valence-corrected chi connectivity index (χ3v) is 8.15. The molecule has 3 aromatic rings. The van der Waals surface area contributed by atoms with Gasteiger partial charge in [-0.15, -0.1) is 0 Å². The smallest absolute Gasteiger partial charge is 0.264 e. The molecule has 5 atom stereocenters. The minimum Gasteiger partial charge on any atom is -0.358 e. The van der Waals surface area contributed by atoms with Gasteiger partial charge in [0.25, 0.3) is 20.2 Å². The highest BCUT2D eigenvalue weighted by Crippen LogP contribution is 2.43. The Balaban J connectivity index is 1.58. The second kappa shape index (κ2) is 11.8. The Morgan fingerprint density at radius 1 is 0.762 bits per heavy atom. The predicted molar refractivity (Wildman–Crippen MR) is 153 cm³/mol. The number of hydrogen-bond donors (Lipinski definition) is 0. The molecule has 0 saturated carbocycles. The van der Waals surface area contributed by atoms with Gasteiger partial charge < -0.3 is 18.9 Å². The number of rotatable bonds is 11. The van der Waals surface area contributed by atoms with Gasteiger partial charge in [-0.05, 0) is 30.5 Å². The summed E-state index contributed by atoms with van der Waals surface area (Å²) in [5, 5.41) is 0. The van der Waals surface area contributed by atoms with Crippen molar-refractivity contribution in [2.75, 3.05) is 19.1 Å². The Morgan fingerprint density at radius 3 is 1.67 bits per heavy atom. The Labute approximate surface area is 246 Å². The van der Waals surface area contributed by atoms with Crippen molar-refractivity contribution in [1.29, 1.82) is 0 Å². The number of fused-ring (bicyclic) bond motifs is 1. The number of benzene rings is 3. The molecule has 42 heavy (non-hydrogen) atoms. The Hall–Kier alpha value is -2.68. The molecule has 12 heteroatoms. The van der Waals surface area contributed by atoms with Gasteiger partial charge in [-0.25, -0.2) is 0 Å². The van der Waals surface area contributed by atoms with Crippen LogP contribution in [0.3, 0.4) is 0 Å². The van der Waals surface area contributed by atoms with Crippen molar-refractivity contribution in [1.82, 2.24) is 0 Å². The summed E-state index contributed by atoms with van der Waals surface area (Å²) in [5.74, 6) is -1.08. The molecule has 3 aromatic carbocycles. The van der Waals surface area contributed by atoms with Crippen LogP contribution in [-0.4, -0.2) is 72.4 Å². The summed E-state index contributed by atoms with van der Waals surface area (Å²) >= 11 is 0. The predicted octanol–water partition coefficient (Wildman–Crippen LogP) is 3.56. The third-order valence-electron chi connectivity index (χ3n) is 6.98. The van der Waals surface area contributed by atoms with E-state index in [-0.39, 0.29) is 6.61 Å². The van der Waals surface area contributed by atoms with Crippen molar-refractivity contribution in [3.8, 4) is 0 Å². The maximum atomic E-state index is 12.5. The molecule has 0 radical (unpaired) electrons. The molecule has 0 amide bonds. The molecule has 0 aliphatic carbocycles. The number of ether oxygens (including phenoxy) is 4.